The van der Waals surface area contributed by atoms with E-state index in [0.29, 0.717) is 16.3 Å². The second-order valence-corrected chi connectivity index (χ2v) is 4.79. The van der Waals surface area contributed by atoms with Gasteiger partial charge in [-0.05, 0) is 18.6 Å². The number of hydrogen-bond acceptors (Lipinski definition) is 3. The largest absolute Gasteiger partial charge is 0.477 e. The monoisotopic (exact) mass is 251 g/mol. The molecule has 0 amide bonds. The fraction of sp³-hybridized carbons (Fsp3) is 0.167. The maximum atomic E-state index is 13.4. The zero-order chi connectivity index (χ0) is 12.4. The lowest BCUT2D eigenvalue weighted by molar-refractivity contribution is 0.0701. The first-order valence-corrected chi connectivity index (χ1v) is 5.82. The van der Waals surface area contributed by atoms with E-state index in [1.807, 2.05) is 0 Å². The number of aryl methyl sites for hydroxylation is 1. The van der Waals surface area contributed by atoms with Gasteiger partial charge in [0, 0.05) is 6.42 Å². The molecule has 1 N–H and O–H groups in total. The predicted octanol–water partition coefficient (Wildman–Crippen LogP) is 2.88. The molecule has 0 saturated heterocycles. The highest BCUT2D eigenvalue weighted by atomic mass is 32.1. The van der Waals surface area contributed by atoms with Crippen molar-refractivity contribution < 1.29 is 14.3 Å². The normalized spacial score (nSPS) is 10.5. The van der Waals surface area contributed by atoms with Crippen LogP contribution in [0.1, 0.15) is 25.9 Å². The Labute approximate surface area is 102 Å². The van der Waals surface area contributed by atoms with Crippen LogP contribution in [0.5, 0.6) is 0 Å². The van der Waals surface area contributed by atoms with Crippen molar-refractivity contribution in [2.24, 2.45) is 0 Å². The van der Waals surface area contributed by atoms with Crippen molar-refractivity contribution in [1.29, 1.82) is 0 Å². The minimum absolute atomic E-state index is 0.186. The molecular weight excluding hydrogens is 241 g/mol. The maximum Gasteiger partial charge on any atom is 0.347 e. The second kappa shape index (κ2) is 4.63. The van der Waals surface area contributed by atoms with Gasteiger partial charge in [-0.3, -0.25) is 0 Å². The average Bonchev–Trinajstić information content (AvgIpc) is 2.63. The van der Waals surface area contributed by atoms with E-state index in [0.717, 1.165) is 11.3 Å². The number of halogens is 1. The van der Waals surface area contributed by atoms with Gasteiger partial charge in [-0.15, -0.1) is 11.3 Å². The molecule has 0 radical (unpaired) electrons. The minimum Gasteiger partial charge on any atom is -0.477 e. The third-order valence-electron chi connectivity index (χ3n) is 2.31. The second-order valence-electron chi connectivity index (χ2n) is 3.58. The van der Waals surface area contributed by atoms with E-state index in [-0.39, 0.29) is 17.1 Å². The molecule has 2 aromatic rings. The van der Waals surface area contributed by atoms with Crippen LogP contribution in [0.3, 0.4) is 0 Å². The summed E-state index contributed by atoms with van der Waals surface area (Å²) in [5.41, 5.74) is 0.880. The third kappa shape index (κ3) is 2.50. The van der Waals surface area contributed by atoms with Crippen molar-refractivity contribution >= 4 is 17.3 Å². The summed E-state index contributed by atoms with van der Waals surface area (Å²) in [6.07, 6.45) is 0.207. The number of carbonyl (C=O) groups is 1. The average molecular weight is 251 g/mol. The molecule has 0 saturated carbocycles. The molecule has 88 valence electrons. The first-order valence-electron chi connectivity index (χ1n) is 5.01. The van der Waals surface area contributed by atoms with E-state index in [1.165, 1.54) is 6.07 Å². The summed E-state index contributed by atoms with van der Waals surface area (Å²) < 4.78 is 13.4. The Hall–Kier alpha value is -1.75. The molecule has 17 heavy (non-hydrogen) atoms. The van der Waals surface area contributed by atoms with Crippen LogP contribution >= 0.6 is 11.3 Å². The molecule has 0 aliphatic heterocycles. The van der Waals surface area contributed by atoms with E-state index in [4.69, 9.17) is 5.11 Å². The molecule has 1 aromatic carbocycles. The number of aromatic nitrogens is 1. The molecule has 0 aliphatic carbocycles. The van der Waals surface area contributed by atoms with Crippen LogP contribution in [-0.4, -0.2) is 16.1 Å². The molecule has 2 rings (SSSR count). The lowest BCUT2D eigenvalue weighted by Crippen LogP contribution is -2.01. The van der Waals surface area contributed by atoms with Crippen LogP contribution in [0.25, 0.3) is 0 Å². The standard InChI is InChI=1S/C12H10FNO2S/c1-7-14-10(11(17-7)12(15)16)6-8-4-2-3-5-9(8)13/h2-5H,6H2,1H3,(H,15,16). The Kier molecular flexibility index (Phi) is 3.19. The number of nitrogens with zero attached hydrogens (tertiary/aromatic N) is 1. The number of hydrogen-bond donors (Lipinski definition) is 1. The molecule has 1 heterocycles. The van der Waals surface area contributed by atoms with Crippen LogP contribution in [0.4, 0.5) is 4.39 Å². The Bertz CT molecular complexity index is 565. The Morgan fingerprint density at radius 2 is 2.18 bits per heavy atom. The molecular formula is C12H10FNO2S. The summed E-state index contributed by atoms with van der Waals surface area (Å²) in [6, 6.07) is 6.31. The van der Waals surface area contributed by atoms with Crippen LogP contribution in [-0.2, 0) is 6.42 Å². The summed E-state index contributed by atoms with van der Waals surface area (Å²) in [5.74, 6) is -1.35. The van der Waals surface area contributed by atoms with Crippen molar-refractivity contribution in [2.75, 3.05) is 0 Å². The van der Waals surface area contributed by atoms with Crippen LogP contribution in [0.2, 0.25) is 0 Å². The highest BCUT2D eigenvalue weighted by molar-refractivity contribution is 7.13. The van der Waals surface area contributed by atoms with Crippen LogP contribution in [0, 0.1) is 12.7 Å². The van der Waals surface area contributed by atoms with Gasteiger partial charge in [-0.2, -0.15) is 0 Å². The van der Waals surface area contributed by atoms with Crippen LogP contribution < -0.4 is 0 Å². The Morgan fingerprint density at radius 3 is 2.82 bits per heavy atom. The predicted molar refractivity (Wildman–Crippen MR) is 63.0 cm³/mol. The Morgan fingerprint density at radius 1 is 1.47 bits per heavy atom. The summed E-state index contributed by atoms with van der Waals surface area (Å²) in [4.78, 5) is 15.3. The fourth-order valence-corrected chi connectivity index (χ4v) is 2.35. The number of carboxylic acid groups (broad SMARTS) is 1. The SMILES string of the molecule is Cc1nc(Cc2ccccc2F)c(C(=O)O)s1. The molecule has 0 aliphatic rings. The van der Waals surface area contributed by atoms with Gasteiger partial charge in [-0.1, -0.05) is 18.2 Å². The number of benzene rings is 1. The molecule has 0 fully saturated rings. The van der Waals surface area contributed by atoms with Gasteiger partial charge in [0.1, 0.15) is 10.7 Å². The summed E-state index contributed by atoms with van der Waals surface area (Å²) in [5, 5.41) is 9.68. The number of thiazole rings is 1. The maximum absolute atomic E-state index is 13.4. The highest BCUT2D eigenvalue weighted by Gasteiger charge is 2.16. The molecule has 0 atom stereocenters. The van der Waals surface area contributed by atoms with Crippen LogP contribution in [0.15, 0.2) is 24.3 Å². The van der Waals surface area contributed by atoms with E-state index >= 15 is 0 Å². The summed E-state index contributed by atoms with van der Waals surface area (Å²) >= 11 is 1.11. The minimum atomic E-state index is -1.01. The molecule has 0 unspecified atom stereocenters. The van der Waals surface area contributed by atoms with Gasteiger partial charge in [0.25, 0.3) is 0 Å². The van der Waals surface area contributed by atoms with Crippen molar-refractivity contribution in [3.63, 3.8) is 0 Å². The first kappa shape index (κ1) is 11.7. The van der Waals surface area contributed by atoms with Gasteiger partial charge < -0.3 is 5.11 Å². The number of aromatic carboxylic acids is 1. The summed E-state index contributed by atoms with van der Waals surface area (Å²) in [7, 11) is 0. The molecule has 1 aromatic heterocycles. The zero-order valence-corrected chi connectivity index (χ0v) is 9.92. The lowest BCUT2D eigenvalue weighted by Gasteiger charge is -2.01. The van der Waals surface area contributed by atoms with Crippen molar-refractivity contribution in [3.05, 3.63) is 51.2 Å². The fourth-order valence-electron chi connectivity index (χ4n) is 1.58. The van der Waals surface area contributed by atoms with E-state index in [1.54, 1.807) is 25.1 Å². The van der Waals surface area contributed by atoms with E-state index < -0.39 is 5.97 Å². The lowest BCUT2D eigenvalue weighted by atomic mass is 10.1. The van der Waals surface area contributed by atoms with Gasteiger partial charge in [0.15, 0.2) is 0 Å². The quantitative estimate of drug-likeness (QED) is 0.912. The third-order valence-corrected chi connectivity index (χ3v) is 3.32. The first-order chi connectivity index (χ1) is 8.08. The highest BCUT2D eigenvalue weighted by Crippen LogP contribution is 2.21. The van der Waals surface area contributed by atoms with E-state index in [2.05, 4.69) is 4.98 Å². The molecule has 0 bridgehead atoms. The van der Waals surface area contributed by atoms with Crippen molar-refractivity contribution in [2.45, 2.75) is 13.3 Å². The van der Waals surface area contributed by atoms with Gasteiger partial charge in [0.2, 0.25) is 0 Å². The number of rotatable bonds is 3. The molecule has 3 nitrogen and oxygen atoms in total. The van der Waals surface area contributed by atoms with Gasteiger partial charge in [-0.25, -0.2) is 14.2 Å². The van der Waals surface area contributed by atoms with Gasteiger partial charge >= 0.3 is 5.97 Å². The zero-order valence-electron chi connectivity index (χ0n) is 9.11. The Balaban J connectivity index is 2.36. The number of carboxylic acids is 1. The molecule has 5 heteroatoms. The summed E-state index contributed by atoms with van der Waals surface area (Å²) in [6.45, 7) is 1.74. The van der Waals surface area contributed by atoms with Crippen molar-refractivity contribution in [1.82, 2.24) is 4.98 Å². The van der Waals surface area contributed by atoms with Gasteiger partial charge in [0.05, 0.1) is 10.7 Å². The van der Waals surface area contributed by atoms with E-state index in [9.17, 15) is 9.18 Å². The molecule has 0 spiro atoms. The van der Waals surface area contributed by atoms with Crippen molar-refractivity contribution in [3.8, 4) is 0 Å². The smallest absolute Gasteiger partial charge is 0.347 e. The topological polar surface area (TPSA) is 50.2 Å².